The number of nitrogens with zero attached hydrogens (tertiary/aromatic N) is 1. The number of amides is 1. The molecule has 5 nitrogen and oxygen atoms in total. The summed E-state index contributed by atoms with van der Waals surface area (Å²) >= 11 is 7.20. The molecule has 0 spiro atoms. The fourth-order valence-corrected chi connectivity index (χ4v) is 2.52. The number of anilines is 1. The molecule has 2 aromatic rings. The standard InChI is InChI=1S/C16H15ClN2O3S/c1-10(14(20)19-12-6-3-5-11(17)9-12)22-16(21)13-7-4-8-18-15(13)23-2/h3-10H,1-2H3,(H,19,20). The Hall–Kier alpha value is -2.05. The smallest absolute Gasteiger partial charge is 0.341 e. The van der Waals surface area contributed by atoms with Crippen LogP contribution in [0.1, 0.15) is 17.3 Å². The monoisotopic (exact) mass is 350 g/mol. The second kappa shape index (κ2) is 7.99. The Kier molecular flexibility index (Phi) is 6.01. The van der Waals surface area contributed by atoms with Crippen molar-refractivity contribution in [1.82, 2.24) is 4.98 Å². The summed E-state index contributed by atoms with van der Waals surface area (Å²) in [6.07, 6.45) is 2.46. The Balaban J connectivity index is 2.01. The summed E-state index contributed by atoms with van der Waals surface area (Å²) < 4.78 is 5.21. The molecule has 0 aliphatic carbocycles. The fraction of sp³-hybridized carbons (Fsp3) is 0.188. The van der Waals surface area contributed by atoms with Crippen molar-refractivity contribution in [3.63, 3.8) is 0 Å². The lowest BCUT2D eigenvalue weighted by molar-refractivity contribution is -0.123. The highest BCUT2D eigenvalue weighted by molar-refractivity contribution is 7.98. The van der Waals surface area contributed by atoms with Crippen molar-refractivity contribution < 1.29 is 14.3 Å². The Bertz CT molecular complexity index is 724. The van der Waals surface area contributed by atoms with Gasteiger partial charge in [0.1, 0.15) is 5.03 Å². The van der Waals surface area contributed by atoms with Gasteiger partial charge in [0.05, 0.1) is 5.56 Å². The van der Waals surface area contributed by atoms with Gasteiger partial charge >= 0.3 is 5.97 Å². The van der Waals surface area contributed by atoms with E-state index < -0.39 is 18.0 Å². The molecule has 0 fully saturated rings. The number of hydrogen-bond acceptors (Lipinski definition) is 5. The molecule has 2 rings (SSSR count). The molecule has 1 aromatic carbocycles. The molecule has 1 N–H and O–H groups in total. The van der Waals surface area contributed by atoms with E-state index in [0.717, 1.165) is 0 Å². The van der Waals surface area contributed by atoms with Gasteiger partial charge in [-0.25, -0.2) is 9.78 Å². The van der Waals surface area contributed by atoms with Gasteiger partial charge in [-0.2, -0.15) is 0 Å². The van der Waals surface area contributed by atoms with Gasteiger partial charge in [-0.05, 0) is 43.5 Å². The van der Waals surface area contributed by atoms with Gasteiger partial charge in [0.15, 0.2) is 6.10 Å². The van der Waals surface area contributed by atoms with Gasteiger partial charge < -0.3 is 10.1 Å². The van der Waals surface area contributed by atoms with E-state index in [2.05, 4.69) is 10.3 Å². The molecular formula is C16H15ClN2O3S. The first-order valence-corrected chi connectivity index (χ1v) is 8.38. The van der Waals surface area contributed by atoms with Crippen LogP contribution in [0.5, 0.6) is 0 Å². The van der Waals surface area contributed by atoms with E-state index in [0.29, 0.717) is 21.3 Å². The molecular weight excluding hydrogens is 336 g/mol. The molecule has 0 radical (unpaired) electrons. The largest absolute Gasteiger partial charge is 0.449 e. The van der Waals surface area contributed by atoms with Crippen LogP contribution in [0, 0.1) is 0 Å². The van der Waals surface area contributed by atoms with Gasteiger partial charge in [-0.1, -0.05) is 17.7 Å². The molecule has 7 heteroatoms. The summed E-state index contributed by atoms with van der Waals surface area (Å²) in [5, 5.41) is 3.71. The number of thioether (sulfide) groups is 1. The van der Waals surface area contributed by atoms with Crippen molar-refractivity contribution in [3.05, 3.63) is 53.2 Å². The number of pyridine rings is 1. The Labute approximate surface area is 143 Å². The van der Waals surface area contributed by atoms with E-state index in [1.54, 1.807) is 42.6 Å². The van der Waals surface area contributed by atoms with Crippen LogP contribution in [0.25, 0.3) is 0 Å². The van der Waals surface area contributed by atoms with Crippen molar-refractivity contribution in [2.45, 2.75) is 18.1 Å². The molecule has 0 aliphatic heterocycles. The second-order valence-corrected chi connectivity index (χ2v) is 5.84. The van der Waals surface area contributed by atoms with Gasteiger partial charge in [0.25, 0.3) is 5.91 Å². The topological polar surface area (TPSA) is 68.3 Å². The maximum atomic E-state index is 12.2. The summed E-state index contributed by atoms with van der Waals surface area (Å²) in [4.78, 5) is 28.4. The zero-order chi connectivity index (χ0) is 16.8. The molecule has 0 saturated heterocycles. The SMILES string of the molecule is CSc1ncccc1C(=O)OC(C)C(=O)Nc1cccc(Cl)c1. The number of benzene rings is 1. The number of rotatable bonds is 5. The van der Waals surface area contributed by atoms with Crippen LogP contribution in [-0.4, -0.2) is 29.2 Å². The number of aromatic nitrogens is 1. The predicted molar refractivity (Wildman–Crippen MR) is 91.0 cm³/mol. The van der Waals surface area contributed by atoms with E-state index >= 15 is 0 Å². The van der Waals surface area contributed by atoms with Gasteiger partial charge in [-0.3, -0.25) is 4.79 Å². The summed E-state index contributed by atoms with van der Waals surface area (Å²) in [5.41, 5.74) is 0.874. The lowest BCUT2D eigenvalue weighted by atomic mass is 10.2. The van der Waals surface area contributed by atoms with Crippen LogP contribution < -0.4 is 5.32 Å². The van der Waals surface area contributed by atoms with Crippen molar-refractivity contribution in [2.24, 2.45) is 0 Å². The Morgan fingerprint density at radius 3 is 2.78 bits per heavy atom. The number of esters is 1. The zero-order valence-corrected chi connectivity index (χ0v) is 14.1. The van der Waals surface area contributed by atoms with Crippen LogP contribution in [0.2, 0.25) is 5.02 Å². The minimum Gasteiger partial charge on any atom is -0.449 e. The van der Waals surface area contributed by atoms with Crippen LogP contribution >= 0.6 is 23.4 Å². The average Bonchev–Trinajstić information content (AvgIpc) is 2.54. The third-order valence-electron chi connectivity index (χ3n) is 2.93. The summed E-state index contributed by atoms with van der Waals surface area (Å²) in [6, 6.07) is 9.99. The predicted octanol–water partition coefficient (Wildman–Crippen LogP) is 3.64. The molecule has 0 saturated carbocycles. The summed E-state index contributed by atoms with van der Waals surface area (Å²) in [7, 11) is 0. The normalized spacial score (nSPS) is 11.6. The van der Waals surface area contributed by atoms with Crippen molar-refractivity contribution in [3.8, 4) is 0 Å². The lowest BCUT2D eigenvalue weighted by Crippen LogP contribution is -2.30. The quantitative estimate of drug-likeness (QED) is 0.658. The average molecular weight is 351 g/mol. The second-order valence-electron chi connectivity index (χ2n) is 4.61. The highest BCUT2D eigenvalue weighted by Gasteiger charge is 2.21. The van der Waals surface area contributed by atoms with E-state index in [1.807, 2.05) is 6.26 Å². The lowest BCUT2D eigenvalue weighted by Gasteiger charge is -2.14. The van der Waals surface area contributed by atoms with Gasteiger partial charge in [-0.15, -0.1) is 11.8 Å². The molecule has 1 unspecified atom stereocenters. The molecule has 1 amide bonds. The third-order valence-corrected chi connectivity index (χ3v) is 3.88. The summed E-state index contributed by atoms with van der Waals surface area (Å²) in [5.74, 6) is -1.02. The Morgan fingerprint density at radius 1 is 1.30 bits per heavy atom. The first-order chi connectivity index (χ1) is 11.0. The Morgan fingerprint density at radius 2 is 2.09 bits per heavy atom. The van der Waals surface area contributed by atoms with Gasteiger partial charge in [0, 0.05) is 16.9 Å². The van der Waals surface area contributed by atoms with Crippen LogP contribution in [-0.2, 0) is 9.53 Å². The maximum Gasteiger partial charge on any atom is 0.341 e. The third kappa shape index (κ3) is 4.71. The number of carbonyl (C=O) groups excluding carboxylic acids is 2. The molecule has 120 valence electrons. The molecule has 0 aliphatic rings. The van der Waals surface area contributed by atoms with Crippen molar-refractivity contribution >= 4 is 40.9 Å². The number of nitrogens with one attached hydrogen (secondary N) is 1. The van der Waals surface area contributed by atoms with E-state index in [9.17, 15) is 9.59 Å². The minimum atomic E-state index is -0.948. The minimum absolute atomic E-state index is 0.336. The number of carbonyl (C=O) groups is 2. The van der Waals surface area contributed by atoms with Crippen LogP contribution in [0.3, 0.4) is 0 Å². The van der Waals surface area contributed by atoms with Crippen LogP contribution in [0.15, 0.2) is 47.6 Å². The van der Waals surface area contributed by atoms with E-state index in [4.69, 9.17) is 16.3 Å². The van der Waals surface area contributed by atoms with Crippen LogP contribution in [0.4, 0.5) is 5.69 Å². The highest BCUT2D eigenvalue weighted by atomic mass is 35.5. The fourth-order valence-electron chi connectivity index (χ4n) is 1.80. The molecule has 0 bridgehead atoms. The maximum absolute atomic E-state index is 12.2. The zero-order valence-electron chi connectivity index (χ0n) is 12.6. The molecule has 1 atom stereocenters. The number of hydrogen-bond donors (Lipinski definition) is 1. The van der Waals surface area contributed by atoms with Crippen molar-refractivity contribution in [2.75, 3.05) is 11.6 Å². The first-order valence-electron chi connectivity index (χ1n) is 6.77. The molecule has 1 heterocycles. The first kappa shape index (κ1) is 17.3. The molecule has 23 heavy (non-hydrogen) atoms. The van der Waals surface area contributed by atoms with E-state index in [1.165, 1.54) is 18.7 Å². The van der Waals surface area contributed by atoms with Crippen molar-refractivity contribution in [1.29, 1.82) is 0 Å². The number of ether oxygens (including phenoxy) is 1. The molecule has 1 aromatic heterocycles. The van der Waals surface area contributed by atoms with Gasteiger partial charge in [0.2, 0.25) is 0 Å². The van der Waals surface area contributed by atoms with E-state index in [-0.39, 0.29) is 0 Å². The highest BCUT2D eigenvalue weighted by Crippen LogP contribution is 2.19. The number of halogens is 1. The summed E-state index contributed by atoms with van der Waals surface area (Å²) in [6.45, 7) is 1.51.